The van der Waals surface area contributed by atoms with Gasteiger partial charge in [0.25, 0.3) is 0 Å². The molecule has 3 N–H and O–H groups in total. The van der Waals surface area contributed by atoms with Gasteiger partial charge in [0, 0.05) is 16.8 Å². The van der Waals surface area contributed by atoms with Crippen molar-refractivity contribution in [3.8, 4) is 23.4 Å². The van der Waals surface area contributed by atoms with Gasteiger partial charge in [0.05, 0.1) is 23.9 Å². The minimum absolute atomic E-state index is 0.0530. The Kier molecular flexibility index (Phi) is 4.97. The monoisotopic (exact) mass is 523 g/mol. The van der Waals surface area contributed by atoms with Crippen LogP contribution in [0.3, 0.4) is 0 Å². The fraction of sp³-hybridized carbons (Fsp3) is 0.241. The molecule has 0 saturated carbocycles. The lowest BCUT2D eigenvalue weighted by molar-refractivity contribution is -0.121. The molecule has 0 fully saturated rings. The molecule has 6 rings (SSSR count). The van der Waals surface area contributed by atoms with Crippen LogP contribution in [0.4, 0.5) is 5.69 Å². The van der Waals surface area contributed by atoms with Crippen LogP contribution in [-0.4, -0.2) is 34.7 Å². The molecule has 0 radical (unpaired) electrons. The molecule has 196 valence electrons. The second-order valence-corrected chi connectivity index (χ2v) is 10.3. The summed E-state index contributed by atoms with van der Waals surface area (Å²) in [5.41, 5.74) is 7.67. The van der Waals surface area contributed by atoms with E-state index >= 15 is 0 Å². The van der Waals surface area contributed by atoms with Gasteiger partial charge in [-0.3, -0.25) is 9.89 Å². The van der Waals surface area contributed by atoms with E-state index in [1.54, 1.807) is 48.2 Å². The van der Waals surface area contributed by atoms with Crippen molar-refractivity contribution >= 4 is 23.1 Å². The van der Waals surface area contributed by atoms with Gasteiger partial charge in [0.1, 0.15) is 34.1 Å². The number of anilines is 1. The van der Waals surface area contributed by atoms with Gasteiger partial charge in [0.2, 0.25) is 17.7 Å². The third-order valence-electron chi connectivity index (χ3n) is 7.57. The van der Waals surface area contributed by atoms with Crippen molar-refractivity contribution in [2.75, 3.05) is 12.0 Å². The molecule has 39 heavy (non-hydrogen) atoms. The number of nitrogens with one attached hydrogen (secondary N) is 1. The molecule has 3 aliphatic heterocycles. The van der Waals surface area contributed by atoms with Crippen LogP contribution >= 0.6 is 0 Å². The van der Waals surface area contributed by atoms with Crippen LogP contribution in [0.15, 0.2) is 53.9 Å². The molecule has 2 aromatic carbocycles. The SMILES string of the molecule is COc1ccccc1C(=O)Oc1cc2c3c(c1)C1(C(=O)N3C(C)(C)C=C2C)C(C#N)=C(N)Oc2n[nH]c(C)c21. The van der Waals surface area contributed by atoms with E-state index in [1.807, 2.05) is 26.8 Å². The number of rotatable bonds is 3. The first-order chi connectivity index (χ1) is 18.6. The molecule has 3 aromatic rings. The predicted molar refractivity (Wildman–Crippen MR) is 141 cm³/mol. The van der Waals surface area contributed by atoms with E-state index in [0.29, 0.717) is 33.8 Å². The Balaban J connectivity index is 1.65. The number of carbonyl (C=O) groups is 2. The number of para-hydroxylation sites is 1. The van der Waals surface area contributed by atoms with E-state index in [1.165, 1.54) is 7.11 Å². The summed E-state index contributed by atoms with van der Waals surface area (Å²) in [5.74, 6) is -0.524. The summed E-state index contributed by atoms with van der Waals surface area (Å²) in [6.07, 6.45) is 1.98. The fourth-order valence-electron chi connectivity index (χ4n) is 6.09. The summed E-state index contributed by atoms with van der Waals surface area (Å²) in [6.45, 7) is 7.54. The molecule has 1 amide bonds. The maximum Gasteiger partial charge on any atom is 0.347 e. The van der Waals surface area contributed by atoms with Crippen molar-refractivity contribution in [1.29, 1.82) is 5.26 Å². The number of nitriles is 1. The first kappa shape index (κ1) is 24.3. The smallest absolute Gasteiger partial charge is 0.347 e. The normalized spacial score (nSPS) is 20.2. The van der Waals surface area contributed by atoms with Crippen LogP contribution in [0.5, 0.6) is 17.4 Å². The number of fused-ring (bicyclic) bond motifs is 3. The number of amides is 1. The topological polar surface area (TPSA) is 144 Å². The summed E-state index contributed by atoms with van der Waals surface area (Å²) in [4.78, 5) is 29.6. The van der Waals surface area contributed by atoms with Gasteiger partial charge in [-0.25, -0.2) is 4.79 Å². The molecule has 0 bridgehead atoms. The van der Waals surface area contributed by atoms with Gasteiger partial charge >= 0.3 is 5.97 Å². The number of nitrogens with two attached hydrogens (primary N) is 1. The van der Waals surface area contributed by atoms with Crippen molar-refractivity contribution in [3.63, 3.8) is 0 Å². The summed E-state index contributed by atoms with van der Waals surface area (Å²) in [7, 11) is 1.47. The number of allylic oxidation sites excluding steroid dienone is 1. The van der Waals surface area contributed by atoms with Gasteiger partial charge in [0.15, 0.2) is 0 Å². The number of esters is 1. The van der Waals surface area contributed by atoms with Gasteiger partial charge < -0.3 is 24.8 Å². The van der Waals surface area contributed by atoms with Gasteiger partial charge in [-0.2, -0.15) is 5.26 Å². The second kappa shape index (κ2) is 7.98. The molecule has 10 heteroatoms. The molecular weight excluding hydrogens is 498 g/mol. The van der Waals surface area contributed by atoms with Gasteiger partial charge in [-0.15, -0.1) is 5.10 Å². The van der Waals surface area contributed by atoms with Gasteiger partial charge in [-0.1, -0.05) is 18.2 Å². The standard InChI is InChI=1S/C29H25N5O5/c1-14-12-28(3,4)34-23-18(14)10-16(38-26(35)17-8-6-7-9-21(17)37-5)11-19(23)29(27(34)36)20(13-30)24(31)39-25-22(29)15(2)32-33-25/h6-12H,31H2,1-5H3,(H,32,33). The lowest BCUT2D eigenvalue weighted by Gasteiger charge is -2.40. The maximum atomic E-state index is 14.7. The van der Waals surface area contributed by atoms with Crippen LogP contribution in [-0.2, 0) is 10.2 Å². The Morgan fingerprint density at radius 3 is 2.69 bits per heavy atom. The van der Waals surface area contributed by atoms with Crippen LogP contribution in [0, 0.1) is 18.3 Å². The van der Waals surface area contributed by atoms with E-state index in [-0.39, 0.29) is 34.6 Å². The number of hydrogen-bond acceptors (Lipinski definition) is 8. The highest BCUT2D eigenvalue weighted by atomic mass is 16.5. The molecule has 1 aromatic heterocycles. The zero-order chi connectivity index (χ0) is 27.9. The van der Waals surface area contributed by atoms with Crippen molar-refractivity contribution < 1.29 is 23.8 Å². The number of benzene rings is 2. The Morgan fingerprint density at radius 1 is 1.23 bits per heavy atom. The Labute approximate surface area is 224 Å². The van der Waals surface area contributed by atoms with Crippen molar-refractivity contribution in [2.24, 2.45) is 5.73 Å². The maximum absolute atomic E-state index is 14.7. The van der Waals surface area contributed by atoms with E-state index in [2.05, 4.69) is 16.3 Å². The molecular formula is C29H25N5O5. The third kappa shape index (κ3) is 3.04. The number of hydrogen-bond donors (Lipinski definition) is 2. The minimum atomic E-state index is -1.66. The highest BCUT2D eigenvalue weighted by molar-refractivity contribution is 6.18. The average molecular weight is 524 g/mol. The highest BCUT2D eigenvalue weighted by Gasteiger charge is 2.64. The number of nitrogens with zero attached hydrogens (tertiary/aromatic N) is 3. The zero-order valence-electron chi connectivity index (χ0n) is 22.0. The largest absolute Gasteiger partial charge is 0.496 e. The number of methoxy groups -OCH3 is 1. The summed E-state index contributed by atoms with van der Waals surface area (Å²) in [6, 6.07) is 12.2. The quantitative estimate of drug-likeness (QED) is 0.389. The number of aromatic amines is 1. The van der Waals surface area contributed by atoms with Crippen molar-refractivity contribution in [1.82, 2.24) is 10.2 Å². The van der Waals surface area contributed by atoms with Crippen LogP contribution in [0.25, 0.3) is 5.57 Å². The number of ether oxygens (including phenoxy) is 3. The summed E-state index contributed by atoms with van der Waals surface area (Å²) in [5, 5.41) is 17.4. The molecule has 4 heterocycles. The summed E-state index contributed by atoms with van der Waals surface area (Å²) < 4.78 is 16.9. The van der Waals surface area contributed by atoms with Crippen molar-refractivity contribution in [2.45, 2.75) is 38.6 Å². The minimum Gasteiger partial charge on any atom is -0.496 e. The van der Waals surface area contributed by atoms with Gasteiger partial charge in [-0.05, 0) is 57.5 Å². The number of H-pyrrole nitrogens is 1. The molecule has 0 aliphatic carbocycles. The van der Waals surface area contributed by atoms with Crippen molar-refractivity contribution in [3.05, 3.63) is 81.9 Å². The molecule has 3 aliphatic rings. The molecule has 1 atom stereocenters. The Bertz CT molecular complexity index is 1720. The zero-order valence-corrected chi connectivity index (χ0v) is 22.0. The highest BCUT2D eigenvalue weighted by Crippen LogP contribution is 2.60. The first-order valence-corrected chi connectivity index (χ1v) is 12.3. The van der Waals surface area contributed by atoms with E-state index in [0.717, 1.165) is 5.57 Å². The van der Waals surface area contributed by atoms with Crippen LogP contribution in [0.1, 0.15) is 53.5 Å². The lowest BCUT2D eigenvalue weighted by atomic mass is 9.68. The lowest BCUT2D eigenvalue weighted by Crippen LogP contribution is -2.53. The van der Waals surface area contributed by atoms with E-state index in [4.69, 9.17) is 19.9 Å². The second-order valence-electron chi connectivity index (χ2n) is 10.3. The molecule has 10 nitrogen and oxygen atoms in total. The molecule has 1 unspecified atom stereocenters. The molecule has 0 saturated heterocycles. The van der Waals surface area contributed by atoms with E-state index in [9.17, 15) is 14.9 Å². The fourth-order valence-corrected chi connectivity index (χ4v) is 6.09. The molecule has 1 spiro atoms. The number of aryl methyl sites for hydroxylation is 1. The average Bonchev–Trinajstić information content (AvgIpc) is 3.38. The third-order valence-corrected chi connectivity index (χ3v) is 7.57. The Morgan fingerprint density at radius 2 is 1.97 bits per heavy atom. The van der Waals surface area contributed by atoms with Crippen LogP contribution in [0.2, 0.25) is 0 Å². The Hall–Kier alpha value is -5.04. The number of aromatic nitrogens is 2. The number of carbonyl (C=O) groups excluding carboxylic acids is 2. The van der Waals surface area contributed by atoms with E-state index < -0.39 is 16.9 Å². The summed E-state index contributed by atoms with van der Waals surface area (Å²) >= 11 is 0. The first-order valence-electron chi connectivity index (χ1n) is 12.3. The van der Waals surface area contributed by atoms with Crippen LogP contribution < -0.4 is 24.8 Å². The predicted octanol–water partition coefficient (Wildman–Crippen LogP) is 3.86.